The van der Waals surface area contributed by atoms with Gasteiger partial charge in [0.1, 0.15) is 0 Å². The Bertz CT molecular complexity index is 311. The zero-order chi connectivity index (χ0) is 14.5. The molecular formula is C16H31N3O. The molecule has 20 heavy (non-hydrogen) atoms. The molecule has 4 nitrogen and oxygen atoms in total. The summed E-state index contributed by atoms with van der Waals surface area (Å²) in [5.74, 6) is 1.34. The molecule has 1 heterocycles. The van der Waals surface area contributed by atoms with Gasteiger partial charge in [0, 0.05) is 38.8 Å². The molecule has 2 atom stereocenters. The topological polar surface area (TPSA) is 35.6 Å². The van der Waals surface area contributed by atoms with Crippen LogP contribution in [0.15, 0.2) is 0 Å². The number of nitrogens with zero attached hydrogens (tertiary/aromatic N) is 2. The van der Waals surface area contributed by atoms with Crippen molar-refractivity contribution < 1.29 is 4.79 Å². The third-order valence-corrected chi connectivity index (χ3v) is 4.70. The molecule has 2 unspecified atom stereocenters. The standard InChI is InChI=1S/C16H31N3O/c1-13(2)12-18-8-10-19(11-9-18)16(20)17-15-7-5-4-6-14(15)3/h13-15H,4-12H2,1-3H3,(H,17,20). The maximum atomic E-state index is 12.3. The highest BCUT2D eigenvalue weighted by Crippen LogP contribution is 2.23. The van der Waals surface area contributed by atoms with Crippen LogP contribution in [-0.2, 0) is 0 Å². The first-order chi connectivity index (χ1) is 9.56. The largest absolute Gasteiger partial charge is 0.335 e. The molecule has 2 fully saturated rings. The van der Waals surface area contributed by atoms with Gasteiger partial charge in [0.05, 0.1) is 0 Å². The molecule has 4 heteroatoms. The summed E-state index contributed by atoms with van der Waals surface area (Å²) < 4.78 is 0. The fraction of sp³-hybridized carbons (Fsp3) is 0.938. The molecular weight excluding hydrogens is 250 g/mol. The van der Waals surface area contributed by atoms with E-state index in [-0.39, 0.29) is 6.03 Å². The van der Waals surface area contributed by atoms with Crippen LogP contribution in [0.25, 0.3) is 0 Å². The van der Waals surface area contributed by atoms with Crippen LogP contribution < -0.4 is 5.32 Å². The second kappa shape index (κ2) is 7.30. The summed E-state index contributed by atoms with van der Waals surface area (Å²) in [6.45, 7) is 11.7. The summed E-state index contributed by atoms with van der Waals surface area (Å²) in [5, 5.41) is 3.26. The van der Waals surface area contributed by atoms with Gasteiger partial charge in [-0.3, -0.25) is 4.90 Å². The van der Waals surface area contributed by atoms with Crippen molar-refractivity contribution in [3.05, 3.63) is 0 Å². The fourth-order valence-electron chi connectivity index (χ4n) is 3.43. The molecule has 1 N–H and O–H groups in total. The molecule has 0 radical (unpaired) electrons. The summed E-state index contributed by atoms with van der Waals surface area (Å²) in [7, 11) is 0. The van der Waals surface area contributed by atoms with Crippen LogP contribution in [0.4, 0.5) is 4.79 Å². The molecule has 0 aromatic rings. The number of carbonyl (C=O) groups is 1. The lowest BCUT2D eigenvalue weighted by Gasteiger charge is -2.37. The molecule has 1 aliphatic heterocycles. The molecule has 1 aliphatic carbocycles. The Morgan fingerprint density at radius 3 is 2.40 bits per heavy atom. The minimum Gasteiger partial charge on any atom is -0.335 e. The second-order valence-corrected chi connectivity index (χ2v) is 7.00. The van der Waals surface area contributed by atoms with E-state index in [0.717, 1.165) is 39.1 Å². The molecule has 0 aromatic carbocycles. The average molecular weight is 281 g/mol. The van der Waals surface area contributed by atoms with Crippen LogP contribution in [0.3, 0.4) is 0 Å². The number of nitrogens with one attached hydrogen (secondary N) is 1. The van der Waals surface area contributed by atoms with Crippen LogP contribution in [0.1, 0.15) is 46.5 Å². The molecule has 116 valence electrons. The number of rotatable bonds is 3. The smallest absolute Gasteiger partial charge is 0.317 e. The minimum absolute atomic E-state index is 0.160. The van der Waals surface area contributed by atoms with E-state index < -0.39 is 0 Å². The van der Waals surface area contributed by atoms with Gasteiger partial charge in [0.15, 0.2) is 0 Å². The Balaban J connectivity index is 1.74. The van der Waals surface area contributed by atoms with Crippen molar-refractivity contribution in [2.45, 2.75) is 52.5 Å². The zero-order valence-corrected chi connectivity index (χ0v) is 13.4. The normalized spacial score (nSPS) is 28.7. The molecule has 2 aliphatic rings. The highest BCUT2D eigenvalue weighted by atomic mass is 16.2. The van der Waals surface area contributed by atoms with Crippen molar-refractivity contribution in [1.82, 2.24) is 15.1 Å². The molecule has 1 saturated heterocycles. The van der Waals surface area contributed by atoms with Gasteiger partial charge in [-0.1, -0.05) is 33.6 Å². The number of hydrogen-bond acceptors (Lipinski definition) is 2. The van der Waals surface area contributed by atoms with Gasteiger partial charge in [-0.25, -0.2) is 4.79 Å². The lowest BCUT2D eigenvalue weighted by molar-refractivity contribution is 0.125. The fourth-order valence-corrected chi connectivity index (χ4v) is 3.43. The first-order valence-electron chi connectivity index (χ1n) is 8.34. The monoisotopic (exact) mass is 281 g/mol. The number of urea groups is 1. The van der Waals surface area contributed by atoms with Crippen LogP contribution >= 0.6 is 0 Å². The Labute approximate surface area is 123 Å². The van der Waals surface area contributed by atoms with Crippen molar-refractivity contribution in [2.24, 2.45) is 11.8 Å². The predicted molar refractivity (Wildman–Crippen MR) is 82.8 cm³/mol. The van der Waals surface area contributed by atoms with Crippen molar-refractivity contribution in [3.63, 3.8) is 0 Å². The molecule has 2 amide bonds. The maximum Gasteiger partial charge on any atom is 0.317 e. The van der Waals surface area contributed by atoms with E-state index in [2.05, 4.69) is 31.0 Å². The number of hydrogen-bond donors (Lipinski definition) is 1. The minimum atomic E-state index is 0.160. The first kappa shape index (κ1) is 15.6. The molecule has 0 aromatic heterocycles. The molecule has 0 bridgehead atoms. The lowest BCUT2D eigenvalue weighted by Crippen LogP contribution is -2.54. The number of carbonyl (C=O) groups excluding carboxylic acids is 1. The van der Waals surface area contributed by atoms with Crippen molar-refractivity contribution in [1.29, 1.82) is 0 Å². The third kappa shape index (κ3) is 4.37. The van der Waals surface area contributed by atoms with Gasteiger partial charge in [0.2, 0.25) is 0 Å². The Hall–Kier alpha value is -0.770. The van der Waals surface area contributed by atoms with Gasteiger partial charge in [-0.05, 0) is 24.7 Å². The van der Waals surface area contributed by atoms with E-state index in [1.807, 2.05) is 4.90 Å². The molecule has 1 saturated carbocycles. The maximum absolute atomic E-state index is 12.3. The summed E-state index contributed by atoms with van der Waals surface area (Å²) in [4.78, 5) is 16.8. The van der Waals surface area contributed by atoms with E-state index in [1.165, 1.54) is 19.3 Å². The summed E-state index contributed by atoms with van der Waals surface area (Å²) in [5.41, 5.74) is 0. The van der Waals surface area contributed by atoms with E-state index in [9.17, 15) is 4.79 Å². The van der Waals surface area contributed by atoms with Gasteiger partial charge >= 0.3 is 6.03 Å². The third-order valence-electron chi connectivity index (χ3n) is 4.70. The Morgan fingerprint density at radius 1 is 1.15 bits per heavy atom. The van der Waals surface area contributed by atoms with E-state index in [0.29, 0.717) is 17.9 Å². The Kier molecular flexibility index (Phi) is 5.70. The van der Waals surface area contributed by atoms with E-state index in [1.54, 1.807) is 0 Å². The molecule has 0 spiro atoms. The van der Waals surface area contributed by atoms with Gasteiger partial charge in [-0.2, -0.15) is 0 Å². The van der Waals surface area contributed by atoms with E-state index >= 15 is 0 Å². The van der Waals surface area contributed by atoms with Crippen molar-refractivity contribution >= 4 is 6.03 Å². The predicted octanol–water partition coefficient (Wildman–Crippen LogP) is 2.55. The van der Waals surface area contributed by atoms with Crippen molar-refractivity contribution in [2.75, 3.05) is 32.7 Å². The number of amides is 2. The summed E-state index contributed by atoms with van der Waals surface area (Å²) in [6, 6.07) is 0.554. The Morgan fingerprint density at radius 2 is 1.80 bits per heavy atom. The highest BCUT2D eigenvalue weighted by Gasteiger charge is 2.26. The number of piperazine rings is 1. The van der Waals surface area contributed by atoms with E-state index in [4.69, 9.17) is 0 Å². The van der Waals surface area contributed by atoms with Gasteiger partial charge in [-0.15, -0.1) is 0 Å². The first-order valence-corrected chi connectivity index (χ1v) is 8.34. The zero-order valence-electron chi connectivity index (χ0n) is 13.4. The van der Waals surface area contributed by atoms with Crippen LogP contribution in [0.2, 0.25) is 0 Å². The van der Waals surface area contributed by atoms with Crippen LogP contribution in [0.5, 0.6) is 0 Å². The average Bonchev–Trinajstić information content (AvgIpc) is 2.41. The SMILES string of the molecule is CC(C)CN1CCN(C(=O)NC2CCCCC2C)CC1. The highest BCUT2D eigenvalue weighted by molar-refractivity contribution is 5.74. The van der Waals surface area contributed by atoms with Crippen LogP contribution in [0, 0.1) is 11.8 Å². The lowest BCUT2D eigenvalue weighted by atomic mass is 9.86. The quantitative estimate of drug-likeness (QED) is 0.863. The van der Waals surface area contributed by atoms with Crippen molar-refractivity contribution in [3.8, 4) is 0 Å². The second-order valence-electron chi connectivity index (χ2n) is 7.00. The van der Waals surface area contributed by atoms with Crippen LogP contribution in [-0.4, -0.2) is 54.6 Å². The van der Waals surface area contributed by atoms with Gasteiger partial charge in [0.25, 0.3) is 0 Å². The van der Waals surface area contributed by atoms with Gasteiger partial charge < -0.3 is 10.2 Å². The molecule has 2 rings (SSSR count). The summed E-state index contributed by atoms with van der Waals surface area (Å²) in [6.07, 6.45) is 4.99. The summed E-state index contributed by atoms with van der Waals surface area (Å²) >= 11 is 0.